The Bertz CT molecular complexity index is 637. The van der Waals surface area contributed by atoms with Gasteiger partial charge in [0.05, 0.1) is 5.56 Å². The summed E-state index contributed by atoms with van der Waals surface area (Å²) in [7, 11) is 0. The number of benzene rings is 1. The van der Waals surface area contributed by atoms with E-state index in [-0.39, 0.29) is 18.4 Å². The first-order valence-corrected chi connectivity index (χ1v) is 6.96. The summed E-state index contributed by atoms with van der Waals surface area (Å²) in [5.74, 6) is -2.17. The molecular weight excluding hydrogens is 299 g/mol. The van der Waals surface area contributed by atoms with Crippen molar-refractivity contribution < 1.29 is 27.9 Å². The van der Waals surface area contributed by atoms with Crippen LogP contribution in [-0.4, -0.2) is 23.0 Å². The highest BCUT2D eigenvalue weighted by Crippen LogP contribution is 2.49. The van der Waals surface area contributed by atoms with E-state index < -0.39 is 41.0 Å². The third-order valence-corrected chi connectivity index (χ3v) is 4.37. The summed E-state index contributed by atoms with van der Waals surface area (Å²) in [5.41, 5.74) is -1.91. The number of carboxylic acid groups (broad SMARTS) is 1. The van der Waals surface area contributed by atoms with Crippen molar-refractivity contribution >= 4 is 11.9 Å². The van der Waals surface area contributed by atoms with Crippen LogP contribution >= 0.6 is 0 Å². The van der Waals surface area contributed by atoms with E-state index >= 15 is 0 Å². The second-order valence-corrected chi connectivity index (χ2v) is 5.89. The van der Waals surface area contributed by atoms with Crippen LogP contribution in [0.25, 0.3) is 0 Å². The van der Waals surface area contributed by atoms with Gasteiger partial charge in [0.2, 0.25) is 5.91 Å². The van der Waals surface area contributed by atoms with Crippen LogP contribution in [0.1, 0.15) is 36.3 Å². The normalized spacial score (nSPS) is 25.4. The van der Waals surface area contributed by atoms with Gasteiger partial charge >= 0.3 is 12.1 Å². The Balaban J connectivity index is 1.71. The molecule has 0 saturated heterocycles. The molecule has 2 fully saturated rings. The van der Waals surface area contributed by atoms with Crippen molar-refractivity contribution in [2.45, 2.75) is 37.4 Å². The molecule has 1 aromatic carbocycles. The summed E-state index contributed by atoms with van der Waals surface area (Å²) in [6, 6.07) is 4.86. The largest absolute Gasteiger partial charge is 0.480 e. The molecule has 0 bridgehead atoms. The number of alkyl halides is 3. The quantitative estimate of drug-likeness (QED) is 0.840. The molecule has 22 heavy (non-hydrogen) atoms. The molecule has 0 radical (unpaired) electrons. The molecule has 0 aliphatic heterocycles. The number of carbonyl (C=O) groups excluding carboxylic acids is 1. The zero-order chi connectivity index (χ0) is 16.1. The van der Waals surface area contributed by atoms with E-state index in [1.54, 1.807) is 0 Å². The van der Waals surface area contributed by atoms with Gasteiger partial charge < -0.3 is 10.4 Å². The third kappa shape index (κ3) is 2.44. The maximum Gasteiger partial charge on any atom is 0.416 e. The van der Waals surface area contributed by atoms with Gasteiger partial charge in [-0.05, 0) is 30.9 Å². The SMILES string of the molecule is O=C(O)C1(C(=O)N[C@@H]2C[C@@H]2c2ccccc2C(F)(F)F)CC1. The van der Waals surface area contributed by atoms with Gasteiger partial charge in [-0.15, -0.1) is 0 Å². The Morgan fingerprint density at radius 2 is 1.86 bits per heavy atom. The molecule has 0 unspecified atom stereocenters. The lowest BCUT2D eigenvalue weighted by Crippen LogP contribution is -2.38. The monoisotopic (exact) mass is 313 g/mol. The number of amides is 1. The summed E-state index contributed by atoms with van der Waals surface area (Å²) in [4.78, 5) is 23.0. The summed E-state index contributed by atoms with van der Waals surface area (Å²) in [6.07, 6.45) is -3.48. The predicted molar refractivity (Wildman–Crippen MR) is 70.0 cm³/mol. The van der Waals surface area contributed by atoms with E-state index in [9.17, 15) is 22.8 Å². The molecule has 2 N–H and O–H groups in total. The fraction of sp³-hybridized carbons (Fsp3) is 0.467. The first-order valence-electron chi connectivity index (χ1n) is 6.96. The molecular formula is C15H14F3NO3. The van der Waals surface area contributed by atoms with Crippen molar-refractivity contribution in [3.8, 4) is 0 Å². The topological polar surface area (TPSA) is 66.4 Å². The summed E-state index contributed by atoms with van der Waals surface area (Å²) in [5, 5.41) is 11.6. The lowest BCUT2D eigenvalue weighted by Gasteiger charge is -2.14. The van der Waals surface area contributed by atoms with Crippen molar-refractivity contribution in [2.24, 2.45) is 5.41 Å². The van der Waals surface area contributed by atoms with Gasteiger partial charge in [0.25, 0.3) is 0 Å². The van der Waals surface area contributed by atoms with E-state index in [0.717, 1.165) is 6.07 Å². The average Bonchev–Trinajstić information content (AvgIpc) is 3.32. The van der Waals surface area contributed by atoms with E-state index in [1.807, 2.05) is 0 Å². The second-order valence-electron chi connectivity index (χ2n) is 5.89. The number of carboxylic acids is 1. The number of nitrogens with one attached hydrogen (secondary N) is 1. The van der Waals surface area contributed by atoms with Crippen LogP contribution in [0.2, 0.25) is 0 Å². The molecule has 0 heterocycles. The standard InChI is InChI=1S/C15H14F3NO3/c16-15(17,18)10-4-2-1-3-8(10)9-7-11(9)19-12(20)14(5-6-14)13(21)22/h1-4,9,11H,5-7H2,(H,19,20)(H,21,22)/t9-,11-/m1/s1. The molecule has 2 saturated carbocycles. The molecule has 1 aromatic rings. The Hall–Kier alpha value is -2.05. The van der Waals surface area contributed by atoms with Gasteiger partial charge in [0.15, 0.2) is 0 Å². The molecule has 2 aliphatic carbocycles. The molecule has 3 rings (SSSR count). The minimum absolute atomic E-state index is 0.153. The van der Waals surface area contributed by atoms with Crippen LogP contribution in [-0.2, 0) is 15.8 Å². The van der Waals surface area contributed by atoms with E-state index in [4.69, 9.17) is 5.11 Å². The smallest absolute Gasteiger partial charge is 0.416 e. The zero-order valence-corrected chi connectivity index (χ0v) is 11.5. The van der Waals surface area contributed by atoms with Crippen molar-refractivity contribution in [2.75, 3.05) is 0 Å². The van der Waals surface area contributed by atoms with Crippen molar-refractivity contribution in [1.29, 1.82) is 0 Å². The van der Waals surface area contributed by atoms with Gasteiger partial charge in [-0.3, -0.25) is 9.59 Å². The van der Waals surface area contributed by atoms with Gasteiger partial charge in [0, 0.05) is 12.0 Å². The molecule has 1 amide bonds. The Morgan fingerprint density at radius 3 is 2.41 bits per heavy atom. The summed E-state index contributed by atoms with van der Waals surface area (Å²) >= 11 is 0. The lowest BCUT2D eigenvalue weighted by atomic mass is 10.0. The first kappa shape index (κ1) is 14.9. The van der Waals surface area contributed by atoms with Gasteiger partial charge in [-0.2, -0.15) is 13.2 Å². The number of hydrogen-bond acceptors (Lipinski definition) is 2. The van der Waals surface area contributed by atoms with Crippen molar-refractivity contribution in [1.82, 2.24) is 5.32 Å². The Kier molecular flexibility index (Phi) is 3.19. The minimum atomic E-state index is -4.44. The molecule has 2 aliphatic rings. The van der Waals surface area contributed by atoms with Gasteiger partial charge in [-0.1, -0.05) is 18.2 Å². The van der Waals surface area contributed by atoms with Gasteiger partial charge in [0.1, 0.15) is 5.41 Å². The molecule has 118 valence electrons. The lowest BCUT2D eigenvalue weighted by molar-refractivity contribution is -0.149. The van der Waals surface area contributed by atoms with E-state index in [0.29, 0.717) is 6.42 Å². The number of rotatable bonds is 4. The number of halogens is 3. The van der Waals surface area contributed by atoms with Crippen LogP contribution in [0, 0.1) is 5.41 Å². The van der Waals surface area contributed by atoms with Crippen LogP contribution in [0.15, 0.2) is 24.3 Å². The van der Waals surface area contributed by atoms with Gasteiger partial charge in [-0.25, -0.2) is 0 Å². The number of aliphatic carboxylic acids is 1. The fourth-order valence-electron chi connectivity index (χ4n) is 2.75. The maximum absolute atomic E-state index is 13.0. The van der Waals surface area contributed by atoms with Crippen LogP contribution in [0.4, 0.5) is 13.2 Å². The third-order valence-electron chi connectivity index (χ3n) is 4.37. The first-order chi connectivity index (χ1) is 10.3. The second kappa shape index (κ2) is 4.72. The summed E-state index contributed by atoms with van der Waals surface area (Å²) in [6.45, 7) is 0. The fourth-order valence-corrected chi connectivity index (χ4v) is 2.75. The molecule has 0 spiro atoms. The zero-order valence-electron chi connectivity index (χ0n) is 11.5. The molecule has 0 aromatic heterocycles. The Labute approximate surface area is 124 Å². The Morgan fingerprint density at radius 1 is 1.23 bits per heavy atom. The average molecular weight is 313 g/mol. The number of carbonyl (C=O) groups is 2. The highest BCUT2D eigenvalue weighted by Gasteiger charge is 2.58. The van der Waals surface area contributed by atoms with E-state index in [2.05, 4.69) is 5.32 Å². The van der Waals surface area contributed by atoms with Crippen LogP contribution in [0.3, 0.4) is 0 Å². The molecule has 2 atom stereocenters. The predicted octanol–water partition coefficient (Wildman–Crippen LogP) is 2.54. The maximum atomic E-state index is 13.0. The summed E-state index contributed by atoms with van der Waals surface area (Å²) < 4.78 is 38.9. The van der Waals surface area contributed by atoms with Crippen LogP contribution in [0.5, 0.6) is 0 Å². The number of hydrogen-bond donors (Lipinski definition) is 2. The highest BCUT2D eigenvalue weighted by atomic mass is 19.4. The minimum Gasteiger partial charge on any atom is -0.480 e. The molecule has 4 nitrogen and oxygen atoms in total. The van der Waals surface area contributed by atoms with E-state index in [1.165, 1.54) is 18.2 Å². The highest BCUT2D eigenvalue weighted by molar-refractivity contribution is 6.05. The molecule has 7 heteroatoms. The van der Waals surface area contributed by atoms with Crippen molar-refractivity contribution in [3.63, 3.8) is 0 Å². The van der Waals surface area contributed by atoms with Crippen molar-refractivity contribution in [3.05, 3.63) is 35.4 Å². The van der Waals surface area contributed by atoms with Crippen LogP contribution < -0.4 is 5.32 Å².